The molecule has 1 saturated carbocycles. The van der Waals surface area contributed by atoms with E-state index < -0.39 is 0 Å². The molecule has 1 atom stereocenters. The molecular weight excluding hydrogens is 172 g/mol. The molecule has 0 aromatic rings. The molecule has 2 N–H and O–H groups in total. The van der Waals surface area contributed by atoms with Crippen LogP contribution in [-0.2, 0) is 0 Å². The summed E-state index contributed by atoms with van der Waals surface area (Å²) < 4.78 is 0. The fraction of sp³-hybridized carbons (Fsp3) is 0.889. The molecule has 0 aromatic heterocycles. The first-order chi connectivity index (χ1) is 5.24. The highest BCUT2D eigenvalue weighted by atomic mass is 35.5. The average Bonchev–Trinajstić information content (AvgIpc) is 2.05. The highest BCUT2D eigenvalue weighted by Gasteiger charge is 2.22. The third-order valence-electron chi connectivity index (χ3n) is 2.72. The summed E-state index contributed by atoms with van der Waals surface area (Å²) >= 11 is 0. The SMILES string of the molecule is CC1CCC(C(N)C#N)CC1.Cl. The highest BCUT2D eigenvalue weighted by molar-refractivity contribution is 5.85. The Morgan fingerprint density at radius 1 is 1.33 bits per heavy atom. The normalized spacial score (nSPS) is 31.4. The Balaban J connectivity index is 0.00000121. The topological polar surface area (TPSA) is 49.8 Å². The summed E-state index contributed by atoms with van der Waals surface area (Å²) in [5.74, 6) is 1.31. The van der Waals surface area contributed by atoms with Gasteiger partial charge in [-0.1, -0.05) is 19.8 Å². The van der Waals surface area contributed by atoms with Crippen molar-refractivity contribution in [2.75, 3.05) is 0 Å². The van der Waals surface area contributed by atoms with Crippen LogP contribution >= 0.6 is 12.4 Å². The zero-order valence-corrected chi connectivity index (χ0v) is 8.31. The second-order valence-corrected chi connectivity index (χ2v) is 3.67. The lowest BCUT2D eigenvalue weighted by Crippen LogP contribution is -2.31. The maximum Gasteiger partial charge on any atom is 0.0956 e. The van der Waals surface area contributed by atoms with Gasteiger partial charge in [0.1, 0.15) is 0 Å². The molecule has 0 amide bonds. The van der Waals surface area contributed by atoms with Crippen molar-refractivity contribution in [3.63, 3.8) is 0 Å². The maximum atomic E-state index is 8.58. The van der Waals surface area contributed by atoms with Crippen LogP contribution in [0.2, 0.25) is 0 Å². The summed E-state index contributed by atoms with van der Waals surface area (Å²) in [6.45, 7) is 2.27. The first-order valence-electron chi connectivity index (χ1n) is 4.39. The summed E-state index contributed by atoms with van der Waals surface area (Å²) in [4.78, 5) is 0. The van der Waals surface area contributed by atoms with Gasteiger partial charge in [-0.3, -0.25) is 0 Å². The van der Waals surface area contributed by atoms with Gasteiger partial charge < -0.3 is 5.73 Å². The molecule has 1 unspecified atom stereocenters. The Morgan fingerprint density at radius 3 is 2.25 bits per heavy atom. The van der Waals surface area contributed by atoms with Crippen LogP contribution < -0.4 is 5.73 Å². The number of nitrogens with two attached hydrogens (primary N) is 1. The summed E-state index contributed by atoms with van der Waals surface area (Å²) in [6, 6.07) is 1.91. The monoisotopic (exact) mass is 188 g/mol. The zero-order valence-electron chi connectivity index (χ0n) is 7.49. The van der Waals surface area contributed by atoms with Crippen molar-refractivity contribution in [1.82, 2.24) is 0 Å². The Bertz CT molecular complexity index is 156. The molecule has 1 aliphatic rings. The van der Waals surface area contributed by atoms with Gasteiger partial charge in [0.2, 0.25) is 0 Å². The van der Waals surface area contributed by atoms with Crippen molar-refractivity contribution >= 4 is 12.4 Å². The second-order valence-electron chi connectivity index (χ2n) is 3.67. The van der Waals surface area contributed by atoms with Crippen LogP contribution in [0.5, 0.6) is 0 Å². The van der Waals surface area contributed by atoms with Gasteiger partial charge >= 0.3 is 0 Å². The molecule has 2 nitrogen and oxygen atoms in total. The van der Waals surface area contributed by atoms with Gasteiger partial charge in [-0.15, -0.1) is 12.4 Å². The molecule has 0 bridgehead atoms. The lowest BCUT2D eigenvalue weighted by atomic mass is 9.80. The lowest BCUT2D eigenvalue weighted by Gasteiger charge is -2.27. The Morgan fingerprint density at radius 2 is 1.83 bits per heavy atom. The van der Waals surface area contributed by atoms with Crippen molar-refractivity contribution in [3.8, 4) is 6.07 Å². The predicted octanol–water partition coefficient (Wildman–Crippen LogP) is 2.09. The molecular formula is C9H17ClN2. The molecule has 1 rings (SSSR count). The quantitative estimate of drug-likeness (QED) is 0.685. The van der Waals surface area contributed by atoms with Gasteiger partial charge in [0.05, 0.1) is 12.1 Å². The molecule has 0 radical (unpaired) electrons. The minimum atomic E-state index is -0.220. The van der Waals surface area contributed by atoms with Crippen LogP contribution in [0.25, 0.3) is 0 Å². The molecule has 3 heteroatoms. The molecule has 0 heterocycles. The van der Waals surface area contributed by atoms with E-state index in [0.29, 0.717) is 5.92 Å². The fourth-order valence-electron chi connectivity index (χ4n) is 1.75. The smallest absolute Gasteiger partial charge is 0.0956 e. The molecule has 70 valence electrons. The summed E-state index contributed by atoms with van der Waals surface area (Å²) in [5.41, 5.74) is 5.63. The van der Waals surface area contributed by atoms with Crippen LogP contribution in [-0.4, -0.2) is 6.04 Å². The van der Waals surface area contributed by atoms with E-state index in [9.17, 15) is 0 Å². The standard InChI is InChI=1S/C9H16N2.ClH/c1-7-2-4-8(5-3-7)9(11)6-10;/h7-9H,2-5,11H2,1H3;1H. The number of nitriles is 1. The van der Waals surface area contributed by atoms with E-state index in [1.165, 1.54) is 12.8 Å². The van der Waals surface area contributed by atoms with Gasteiger partial charge in [-0.05, 0) is 24.7 Å². The van der Waals surface area contributed by atoms with Crippen molar-refractivity contribution in [2.24, 2.45) is 17.6 Å². The third-order valence-corrected chi connectivity index (χ3v) is 2.72. The van der Waals surface area contributed by atoms with E-state index in [4.69, 9.17) is 11.0 Å². The van der Waals surface area contributed by atoms with E-state index >= 15 is 0 Å². The van der Waals surface area contributed by atoms with E-state index in [1.54, 1.807) is 0 Å². The second kappa shape index (κ2) is 5.40. The minimum absolute atomic E-state index is 0. The molecule has 0 aromatic carbocycles. The molecule has 0 spiro atoms. The van der Waals surface area contributed by atoms with Crippen molar-refractivity contribution < 1.29 is 0 Å². The van der Waals surface area contributed by atoms with Crippen LogP contribution in [0.15, 0.2) is 0 Å². The summed E-state index contributed by atoms with van der Waals surface area (Å²) in [7, 11) is 0. The van der Waals surface area contributed by atoms with Gasteiger partial charge in [0.25, 0.3) is 0 Å². The predicted molar refractivity (Wildman–Crippen MR) is 52.0 cm³/mol. The minimum Gasteiger partial charge on any atom is -0.316 e. The molecule has 1 aliphatic carbocycles. The van der Waals surface area contributed by atoms with Gasteiger partial charge in [-0.25, -0.2) is 0 Å². The molecule has 0 aliphatic heterocycles. The number of halogens is 1. The van der Waals surface area contributed by atoms with Crippen molar-refractivity contribution in [2.45, 2.75) is 38.6 Å². The summed E-state index contributed by atoms with van der Waals surface area (Å²) in [6.07, 6.45) is 4.80. The van der Waals surface area contributed by atoms with Gasteiger partial charge in [0, 0.05) is 0 Å². The van der Waals surface area contributed by atoms with E-state index in [-0.39, 0.29) is 18.4 Å². The van der Waals surface area contributed by atoms with Crippen LogP contribution in [0.3, 0.4) is 0 Å². The number of hydrogen-bond donors (Lipinski definition) is 1. The number of hydrogen-bond acceptors (Lipinski definition) is 2. The van der Waals surface area contributed by atoms with Crippen LogP contribution in [0, 0.1) is 23.2 Å². The number of rotatable bonds is 1. The Kier molecular flexibility index (Phi) is 5.28. The first-order valence-corrected chi connectivity index (χ1v) is 4.39. The molecule has 12 heavy (non-hydrogen) atoms. The average molecular weight is 189 g/mol. The molecule has 0 saturated heterocycles. The van der Waals surface area contributed by atoms with E-state index in [0.717, 1.165) is 18.8 Å². The van der Waals surface area contributed by atoms with Crippen LogP contribution in [0.4, 0.5) is 0 Å². The lowest BCUT2D eigenvalue weighted by molar-refractivity contribution is 0.275. The zero-order chi connectivity index (χ0) is 8.27. The van der Waals surface area contributed by atoms with Gasteiger partial charge in [0.15, 0.2) is 0 Å². The Hall–Kier alpha value is -0.260. The van der Waals surface area contributed by atoms with Gasteiger partial charge in [-0.2, -0.15) is 5.26 Å². The maximum absolute atomic E-state index is 8.58. The van der Waals surface area contributed by atoms with E-state index in [1.807, 2.05) is 0 Å². The highest BCUT2D eigenvalue weighted by Crippen LogP contribution is 2.29. The Labute approximate surface area is 80.5 Å². The first kappa shape index (κ1) is 11.7. The van der Waals surface area contributed by atoms with Crippen molar-refractivity contribution in [1.29, 1.82) is 5.26 Å². The number of nitrogens with zero attached hydrogens (tertiary/aromatic N) is 1. The summed E-state index contributed by atoms with van der Waals surface area (Å²) in [5, 5.41) is 8.58. The fourth-order valence-corrected chi connectivity index (χ4v) is 1.75. The van der Waals surface area contributed by atoms with E-state index in [2.05, 4.69) is 13.0 Å². The largest absolute Gasteiger partial charge is 0.316 e. The van der Waals surface area contributed by atoms with Crippen LogP contribution in [0.1, 0.15) is 32.6 Å². The van der Waals surface area contributed by atoms with Crippen molar-refractivity contribution in [3.05, 3.63) is 0 Å². The molecule has 1 fully saturated rings. The third kappa shape index (κ3) is 3.00.